The quantitative estimate of drug-likeness (QED) is 0.393. The number of anilines is 2. The Morgan fingerprint density at radius 2 is 1.78 bits per heavy atom. The van der Waals surface area contributed by atoms with E-state index in [0.29, 0.717) is 12.0 Å². The molecule has 36 heavy (non-hydrogen) atoms. The van der Waals surface area contributed by atoms with E-state index in [-0.39, 0.29) is 18.5 Å². The maximum absolute atomic E-state index is 14.3. The number of rotatable bonds is 6. The Kier molecular flexibility index (Phi) is 7.54. The van der Waals surface area contributed by atoms with E-state index in [4.69, 9.17) is 11.6 Å². The van der Waals surface area contributed by atoms with Crippen LogP contribution < -0.4 is 15.5 Å². The first kappa shape index (κ1) is 25.9. The zero-order valence-corrected chi connectivity index (χ0v) is 20.5. The summed E-state index contributed by atoms with van der Waals surface area (Å²) >= 11 is 5.63. The van der Waals surface area contributed by atoms with Gasteiger partial charge in [-0.25, -0.2) is 9.37 Å². The van der Waals surface area contributed by atoms with Crippen LogP contribution in [-0.2, 0) is 6.18 Å². The molecule has 1 heterocycles. The van der Waals surface area contributed by atoms with Crippen molar-refractivity contribution in [1.82, 2.24) is 15.3 Å². The molecule has 11 heteroatoms. The number of hydrogen-bond donors (Lipinski definition) is 2. The number of hydrogen-bond acceptors (Lipinski definition) is 5. The SMILES string of the molecule is CN(C)c1nc(N[C@H]2CC[C@@H](CNC(=O)c3c(C(F)(F)F)ccc(Cl)c3F)CC2)nc2ccccc12. The molecule has 3 aromatic rings. The third-order valence-electron chi connectivity index (χ3n) is 6.37. The van der Waals surface area contributed by atoms with E-state index in [9.17, 15) is 22.4 Å². The van der Waals surface area contributed by atoms with Crippen molar-refractivity contribution in [3.05, 3.63) is 58.4 Å². The van der Waals surface area contributed by atoms with Crippen LogP contribution in [0, 0.1) is 11.7 Å². The first-order valence-electron chi connectivity index (χ1n) is 11.6. The smallest absolute Gasteiger partial charge is 0.362 e. The molecule has 1 aliphatic rings. The summed E-state index contributed by atoms with van der Waals surface area (Å²) in [5, 5.41) is 6.28. The van der Waals surface area contributed by atoms with Crippen molar-refractivity contribution >= 4 is 40.2 Å². The van der Waals surface area contributed by atoms with Crippen molar-refractivity contribution in [2.75, 3.05) is 30.9 Å². The van der Waals surface area contributed by atoms with Crippen LogP contribution in [0.5, 0.6) is 0 Å². The predicted octanol–water partition coefficient (Wildman–Crippen LogP) is 5.91. The molecule has 0 radical (unpaired) electrons. The second-order valence-corrected chi connectivity index (χ2v) is 9.54. The van der Waals surface area contributed by atoms with Gasteiger partial charge >= 0.3 is 6.18 Å². The van der Waals surface area contributed by atoms with Gasteiger partial charge in [-0.3, -0.25) is 4.79 Å². The maximum atomic E-state index is 14.3. The second kappa shape index (κ2) is 10.5. The number of aromatic nitrogens is 2. The lowest BCUT2D eigenvalue weighted by Gasteiger charge is -2.29. The van der Waals surface area contributed by atoms with Gasteiger partial charge in [-0.1, -0.05) is 23.7 Å². The van der Waals surface area contributed by atoms with Gasteiger partial charge in [0.05, 0.1) is 21.7 Å². The highest BCUT2D eigenvalue weighted by molar-refractivity contribution is 6.31. The Labute approximate surface area is 211 Å². The summed E-state index contributed by atoms with van der Waals surface area (Å²) in [6, 6.07) is 9.30. The van der Waals surface area contributed by atoms with Gasteiger partial charge in [0.1, 0.15) is 5.82 Å². The molecule has 1 fully saturated rings. The van der Waals surface area contributed by atoms with Crippen molar-refractivity contribution in [2.24, 2.45) is 5.92 Å². The number of nitrogens with zero attached hydrogens (tertiary/aromatic N) is 3. The highest BCUT2D eigenvalue weighted by atomic mass is 35.5. The van der Waals surface area contributed by atoms with Crippen molar-refractivity contribution in [1.29, 1.82) is 0 Å². The number of alkyl halides is 3. The second-order valence-electron chi connectivity index (χ2n) is 9.14. The summed E-state index contributed by atoms with van der Waals surface area (Å²) in [6.07, 6.45) is -1.87. The van der Waals surface area contributed by atoms with Crippen LogP contribution in [0.1, 0.15) is 41.6 Å². The Hall–Kier alpha value is -3.14. The minimum absolute atomic E-state index is 0.0541. The zero-order chi connectivity index (χ0) is 26.0. The molecule has 2 aromatic carbocycles. The molecule has 0 bridgehead atoms. The van der Waals surface area contributed by atoms with Crippen molar-refractivity contribution in [3.8, 4) is 0 Å². The maximum Gasteiger partial charge on any atom is 0.417 e. The Morgan fingerprint density at radius 3 is 2.44 bits per heavy atom. The number of halogens is 5. The van der Waals surface area contributed by atoms with Crippen LogP contribution >= 0.6 is 11.6 Å². The Bertz CT molecular complexity index is 1260. The molecule has 6 nitrogen and oxygen atoms in total. The molecule has 1 amide bonds. The summed E-state index contributed by atoms with van der Waals surface area (Å²) in [5.41, 5.74) is -1.58. The topological polar surface area (TPSA) is 70.2 Å². The number of nitrogens with one attached hydrogen (secondary N) is 2. The first-order chi connectivity index (χ1) is 17.0. The molecular weight excluding hydrogens is 498 g/mol. The van der Waals surface area contributed by atoms with Crippen LogP contribution in [0.25, 0.3) is 10.9 Å². The molecule has 1 aromatic heterocycles. The van der Waals surface area contributed by atoms with E-state index in [1.807, 2.05) is 43.3 Å². The average Bonchev–Trinajstić information content (AvgIpc) is 2.83. The van der Waals surface area contributed by atoms with E-state index >= 15 is 0 Å². The summed E-state index contributed by atoms with van der Waals surface area (Å²) in [6.45, 7) is 0.145. The van der Waals surface area contributed by atoms with E-state index in [1.165, 1.54) is 0 Å². The van der Waals surface area contributed by atoms with Gasteiger partial charge in [0.2, 0.25) is 5.95 Å². The molecule has 1 saturated carbocycles. The van der Waals surface area contributed by atoms with Gasteiger partial charge in [-0.2, -0.15) is 18.2 Å². The van der Waals surface area contributed by atoms with E-state index in [0.717, 1.165) is 48.5 Å². The number of fused-ring (bicyclic) bond motifs is 1. The standard InChI is InChI=1S/C25H26ClF4N5O/c1-35(2)22-16-5-3-4-6-19(16)33-24(34-22)32-15-9-7-14(8-10-15)13-31-23(36)20-17(25(28,29)30)11-12-18(26)21(20)27/h3-6,11-12,14-15H,7-10,13H2,1-2H3,(H,31,36)(H,32,33,34)/t14-,15+. The lowest BCUT2D eigenvalue weighted by Crippen LogP contribution is -2.35. The molecule has 1 aliphatic carbocycles. The Morgan fingerprint density at radius 1 is 1.08 bits per heavy atom. The van der Waals surface area contributed by atoms with E-state index < -0.39 is 34.1 Å². The molecule has 0 saturated heterocycles. The Balaban J connectivity index is 1.36. The van der Waals surface area contributed by atoms with Gasteiger partial charge in [-0.05, 0) is 55.9 Å². The fraction of sp³-hybridized carbons (Fsp3) is 0.400. The van der Waals surface area contributed by atoms with Crippen molar-refractivity contribution in [3.63, 3.8) is 0 Å². The minimum Gasteiger partial charge on any atom is -0.362 e. The molecule has 192 valence electrons. The van der Waals surface area contributed by atoms with Crippen LogP contribution in [-0.4, -0.2) is 42.6 Å². The van der Waals surface area contributed by atoms with Gasteiger partial charge < -0.3 is 15.5 Å². The molecule has 0 unspecified atom stereocenters. The van der Waals surface area contributed by atoms with Gasteiger partial charge in [0, 0.05) is 32.1 Å². The highest BCUT2D eigenvalue weighted by Crippen LogP contribution is 2.35. The molecule has 0 atom stereocenters. The normalized spacial score (nSPS) is 18.2. The fourth-order valence-corrected chi connectivity index (χ4v) is 4.65. The molecular formula is C25H26ClF4N5O. The number of para-hydroxylation sites is 1. The predicted molar refractivity (Wildman–Crippen MR) is 132 cm³/mol. The van der Waals surface area contributed by atoms with Crippen LogP contribution in [0.3, 0.4) is 0 Å². The molecule has 4 rings (SSSR count). The van der Waals surface area contributed by atoms with Crippen molar-refractivity contribution in [2.45, 2.75) is 37.9 Å². The third kappa shape index (κ3) is 5.64. The van der Waals surface area contributed by atoms with E-state index in [2.05, 4.69) is 20.6 Å². The summed E-state index contributed by atoms with van der Waals surface area (Å²) in [5.74, 6) is -1.09. The fourth-order valence-electron chi connectivity index (χ4n) is 4.49. The summed E-state index contributed by atoms with van der Waals surface area (Å²) in [7, 11) is 3.84. The van der Waals surface area contributed by atoms with Gasteiger partial charge in [-0.15, -0.1) is 0 Å². The van der Waals surface area contributed by atoms with Crippen LogP contribution in [0.4, 0.5) is 29.3 Å². The number of amides is 1. The van der Waals surface area contributed by atoms with Crippen molar-refractivity contribution < 1.29 is 22.4 Å². The van der Waals surface area contributed by atoms with E-state index in [1.54, 1.807) is 0 Å². The van der Waals surface area contributed by atoms with Crippen LogP contribution in [0.2, 0.25) is 5.02 Å². The molecule has 2 N–H and O–H groups in total. The summed E-state index contributed by atoms with van der Waals surface area (Å²) < 4.78 is 54.2. The third-order valence-corrected chi connectivity index (χ3v) is 6.66. The first-order valence-corrected chi connectivity index (χ1v) is 12.0. The highest BCUT2D eigenvalue weighted by Gasteiger charge is 2.37. The molecule has 0 aliphatic heterocycles. The largest absolute Gasteiger partial charge is 0.417 e. The summed E-state index contributed by atoms with van der Waals surface area (Å²) in [4.78, 5) is 23.7. The molecule has 0 spiro atoms. The van der Waals surface area contributed by atoms with Gasteiger partial charge in [0.15, 0.2) is 5.82 Å². The number of benzene rings is 2. The monoisotopic (exact) mass is 523 g/mol. The zero-order valence-electron chi connectivity index (χ0n) is 19.8. The number of carbonyl (C=O) groups is 1. The average molecular weight is 524 g/mol. The van der Waals surface area contributed by atoms with Gasteiger partial charge in [0.25, 0.3) is 5.91 Å². The van der Waals surface area contributed by atoms with Crippen LogP contribution in [0.15, 0.2) is 36.4 Å². The minimum atomic E-state index is -4.88. The lowest BCUT2D eigenvalue weighted by atomic mass is 9.86. The lowest BCUT2D eigenvalue weighted by molar-refractivity contribution is -0.138. The number of carbonyl (C=O) groups excluding carboxylic acids is 1.